The maximum atomic E-state index is 10.6. The quantitative estimate of drug-likeness (QED) is 0.105. The second kappa shape index (κ2) is 15.5. The molecule has 0 rings (SSSR count). The van der Waals surface area contributed by atoms with Gasteiger partial charge in [-0.2, -0.15) is 0 Å². The largest absolute Gasteiger partial charge is 0.326 e. The zero-order chi connectivity index (χ0) is 18.5. The first-order chi connectivity index (χ1) is 11.2. The van der Waals surface area contributed by atoms with Crippen molar-refractivity contribution in [3.05, 3.63) is 0 Å². The van der Waals surface area contributed by atoms with Crippen LogP contribution in [0.4, 0.5) is 0 Å². The van der Waals surface area contributed by atoms with Crippen molar-refractivity contribution in [3.63, 3.8) is 0 Å². The van der Waals surface area contributed by atoms with Crippen molar-refractivity contribution in [1.29, 1.82) is 0 Å². The van der Waals surface area contributed by atoms with Crippen molar-refractivity contribution >= 4 is 65.3 Å². The lowest BCUT2D eigenvalue weighted by atomic mass is 10.2. The molecule has 0 amide bonds. The number of rotatable bonds is 15. The van der Waals surface area contributed by atoms with Crippen LogP contribution in [0.3, 0.4) is 0 Å². The first-order valence-corrected chi connectivity index (χ1v) is 14.4. The molecule has 0 aliphatic carbocycles. The van der Waals surface area contributed by atoms with Crippen molar-refractivity contribution < 1.29 is 17.5 Å². The van der Waals surface area contributed by atoms with Crippen LogP contribution in [0.5, 0.6) is 0 Å². The lowest BCUT2D eigenvalue weighted by Crippen LogP contribution is -2.46. The van der Waals surface area contributed by atoms with Crippen LogP contribution in [0, 0.1) is 0 Å². The molecule has 0 aromatic carbocycles. The highest BCUT2D eigenvalue weighted by Gasteiger charge is 2.16. The van der Waals surface area contributed by atoms with Crippen LogP contribution in [0.15, 0.2) is 0 Å². The van der Waals surface area contributed by atoms with Gasteiger partial charge in [-0.3, -0.25) is 0 Å². The molecule has 0 radical (unpaired) electrons. The van der Waals surface area contributed by atoms with Crippen LogP contribution in [-0.2, 0) is 22.2 Å². The van der Waals surface area contributed by atoms with Crippen LogP contribution in [0.1, 0.15) is 0 Å². The molecule has 0 bridgehead atoms. The van der Waals surface area contributed by atoms with Crippen molar-refractivity contribution in [2.75, 3.05) is 34.5 Å². The van der Waals surface area contributed by atoms with Crippen molar-refractivity contribution in [2.45, 2.75) is 24.2 Å². The van der Waals surface area contributed by atoms with Crippen LogP contribution in [0.2, 0.25) is 0 Å². The molecule has 0 saturated carbocycles. The number of nitrogens with two attached hydrogens (primary N) is 4. The predicted molar refractivity (Wildman–Crippen MR) is 113 cm³/mol. The SMILES string of the molecule is N[C@@H](CSSCCSSC[C@H](N)[C@@H](N)CS(=O)O)[C@@H](N)CS(=O)O. The van der Waals surface area contributed by atoms with E-state index in [-0.39, 0.29) is 23.6 Å². The summed E-state index contributed by atoms with van der Waals surface area (Å²) in [6.45, 7) is 0. The molecule has 0 saturated heterocycles. The summed E-state index contributed by atoms with van der Waals surface area (Å²) in [5.41, 5.74) is 23.1. The van der Waals surface area contributed by atoms with Gasteiger partial charge in [0.2, 0.25) is 0 Å². The molecule has 0 aromatic rings. The lowest BCUT2D eigenvalue weighted by molar-refractivity contribution is 0.540. The van der Waals surface area contributed by atoms with E-state index >= 15 is 0 Å². The smallest absolute Gasteiger partial charge is 0.154 e. The highest BCUT2D eigenvalue weighted by atomic mass is 33.1. The van der Waals surface area contributed by atoms with E-state index in [2.05, 4.69) is 0 Å². The van der Waals surface area contributed by atoms with E-state index in [9.17, 15) is 8.42 Å². The molecule has 146 valence electrons. The van der Waals surface area contributed by atoms with E-state index in [1.165, 1.54) is 0 Å². The van der Waals surface area contributed by atoms with E-state index in [0.29, 0.717) is 11.5 Å². The zero-order valence-electron chi connectivity index (χ0n) is 13.0. The second-order valence-corrected chi connectivity index (χ2v) is 12.1. The Bertz CT molecular complexity index is 349. The summed E-state index contributed by atoms with van der Waals surface area (Å²) in [4.78, 5) is 0. The van der Waals surface area contributed by atoms with E-state index in [1.807, 2.05) is 0 Å². The van der Waals surface area contributed by atoms with Gasteiger partial charge in [-0.25, -0.2) is 8.42 Å². The third kappa shape index (κ3) is 14.6. The molecule has 14 heteroatoms. The molecule has 0 aromatic heterocycles. The third-order valence-corrected chi connectivity index (χ3v) is 9.24. The number of hydrogen-bond donors (Lipinski definition) is 6. The average molecular weight is 459 g/mol. The van der Waals surface area contributed by atoms with Crippen LogP contribution in [-0.4, -0.2) is 76.2 Å². The Hall–Kier alpha value is 1.46. The molecule has 2 unspecified atom stereocenters. The van der Waals surface area contributed by atoms with Gasteiger partial charge in [-0.05, 0) is 0 Å². The molecule has 0 fully saturated rings. The summed E-state index contributed by atoms with van der Waals surface area (Å²) in [7, 11) is 6.53. The van der Waals surface area contributed by atoms with Gasteiger partial charge in [0.05, 0.1) is 11.5 Å². The average Bonchev–Trinajstić information content (AvgIpc) is 2.47. The van der Waals surface area contributed by atoms with Crippen LogP contribution >= 0.6 is 43.2 Å². The van der Waals surface area contributed by atoms with Gasteiger partial charge in [0.15, 0.2) is 22.2 Å². The third-order valence-electron chi connectivity index (χ3n) is 2.71. The van der Waals surface area contributed by atoms with Crippen LogP contribution in [0.25, 0.3) is 0 Å². The Balaban J connectivity index is 3.54. The Morgan fingerprint density at radius 2 is 1.00 bits per heavy atom. The molecular formula is C10H26N4O4S6. The van der Waals surface area contributed by atoms with Gasteiger partial charge in [-0.1, -0.05) is 43.2 Å². The lowest BCUT2D eigenvalue weighted by Gasteiger charge is -2.18. The Morgan fingerprint density at radius 1 is 0.667 bits per heavy atom. The Morgan fingerprint density at radius 3 is 1.29 bits per heavy atom. The van der Waals surface area contributed by atoms with Crippen molar-refractivity contribution in [2.24, 2.45) is 22.9 Å². The van der Waals surface area contributed by atoms with Gasteiger partial charge in [0, 0.05) is 47.2 Å². The van der Waals surface area contributed by atoms with E-state index in [4.69, 9.17) is 32.0 Å². The molecule has 24 heavy (non-hydrogen) atoms. The summed E-state index contributed by atoms with van der Waals surface area (Å²) < 4.78 is 38.8. The minimum Gasteiger partial charge on any atom is -0.326 e. The van der Waals surface area contributed by atoms with Gasteiger partial charge >= 0.3 is 0 Å². The Labute approximate surface area is 163 Å². The maximum Gasteiger partial charge on any atom is 0.154 e. The molecule has 6 atom stereocenters. The van der Waals surface area contributed by atoms with Crippen molar-refractivity contribution in [1.82, 2.24) is 0 Å². The minimum absolute atomic E-state index is 0.00878. The monoisotopic (exact) mass is 458 g/mol. The molecule has 0 aliphatic rings. The zero-order valence-corrected chi connectivity index (χ0v) is 17.9. The van der Waals surface area contributed by atoms with Gasteiger partial charge in [0.1, 0.15) is 0 Å². The molecule has 10 N–H and O–H groups in total. The summed E-state index contributed by atoms with van der Waals surface area (Å²) in [5.74, 6) is 3.06. The molecule has 0 spiro atoms. The first-order valence-electron chi connectivity index (χ1n) is 6.90. The Kier molecular flexibility index (Phi) is 16.5. The van der Waals surface area contributed by atoms with Gasteiger partial charge < -0.3 is 32.0 Å². The second-order valence-electron chi connectivity index (χ2n) is 4.84. The summed E-state index contributed by atoms with van der Waals surface area (Å²) in [6.07, 6.45) is 0. The summed E-state index contributed by atoms with van der Waals surface area (Å²) in [6, 6.07) is -1.57. The normalized spacial score (nSPS) is 19.4. The number of hydrogen-bond acceptors (Lipinski definition) is 10. The van der Waals surface area contributed by atoms with Gasteiger partial charge in [-0.15, -0.1) is 0 Å². The molecular weight excluding hydrogens is 433 g/mol. The molecule has 0 aliphatic heterocycles. The van der Waals surface area contributed by atoms with Crippen LogP contribution < -0.4 is 22.9 Å². The molecule has 8 nitrogen and oxygen atoms in total. The standard InChI is InChI=1S/C10H26N4O4S6/c11-7(9(13)5-23(15)16)3-21-19-1-2-20-22-4-8(12)10(14)6-24(17)18/h7-10H,1-6,11-14H2,(H,15,16)(H,17,18)/t7-,8-,9-,10-/m0/s1. The fourth-order valence-electron chi connectivity index (χ4n) is 1.26. The van der Waals surface area contributed by atoms with E-state index < -0.39 is 34.2 Å². The molecule has 0 heterocycles. The summed E-state index contributed by atoms with van der Waals surface area (Å²) in [5, 5.41) is 0. The highest BCUT2D eigenvalue weighted by molar-refractivity contribution is 8.78. The fraction of sp³-hybridized carbons (Fsp3) is 1.00. The predicted octanol–water partition coefficient (Wildman–Crippen LogP) is -0.498. The highest BCUT2D eigenvalue weighted by Crippen LogP contribution is 2.27. The van der Waals surface area contributed by atoms with Gasteiger partial charge in [0.25, 0.3) is 0 Å². The fourth-order valence-corrected chi connectivity index (χ4v) is 7.65. The van der Waals surface area contributed by atoms with E-state index in [0.717, 1.165) is 11.5 Å². The van der Waals surface area contributed by atoms with E-state index in [1.54, 1.807) is 43.2 Å². The summed E-state index contributed by atoms with van der Waals surface area (Å²) >= 11 is -3.83. The topological polar surface area (TPSA) is 179 Å². The first kappa shape index (κ1) is 25.5. The maximum absolute atomic E-state index is 10.6. The van der Waals surface area contributed by atoms with Crippen molar-refractivity contribution in [3.8, 4) is 0 Å². The minimum atomic E-state index is -1.92.